The monoisotopic (exact) mass is 287 g/mol. The van der Waals surface area contributed by atoms with Crippen molar-refractivity contribution in [2.24, 2.45) is 5.73 Å². The molecule has 2 atom stereocenters. The van der Waals surface area contributed by atoms with E-state index < -0.39 is 0 Å². The smallest absolute Gasteiger partial charge is 0.245 e. The summed E-state index contributed by atoms with van der Waals surface area (Å²) in [5.41, 5.74) is 7.21. The molecule has 21 heavy (non-hydrogen) atoms. The first-order valence-electron chi connectivity index (χ1n) is 8.12. The van der Waals surface area contributed by atoms with E-state index in [0.717, 1.165) is 38.0 Å². The Balaban J connectivity index is 1.86. The van der Waals surface area contributed by atoms with Gasteiger partial charge in [-0.1, -0.05) is 36.8 Å². The summed E-state index contributed by atoms with van der Waals surface area (Å²) in [5, 5.41) is 0. The SMILES string of the molecule is N[C@@H]1CCCN1C(=O)[C@@H](c1ccccc1)N1CCCCC1. The van der Waals surface area contributed by atoms with Crippen LogP contribution in [0.4, 0.5) is 0 Å². The number of hydrogen-bond acceptors (Lipinski definition) is 3. The molecule has 1 aromatic rings. The fraction of sp³-hybridized carbons (Fsp3) is 0.588. The van der Waals surface area contributed by atoms with Crippen LogP contribution in [-0.2, 0) is 4.79 Å². The predicted octanol–water partition coefficient (Wildman–Crippen LogP) is 2.12. The number of benzene rings is 1. The molecule has 2 N–H and O–H groups in total. The fourth-order valence-electron chi connectivity index (χ4n) is 3.54. The minimum atomic E-state index is -0.157. The Morgan fingerprint density at radius 2 is 1.76 bits per heavy atom. The fourth-order valence-corrected chi connectivity index (χ4v) is 3.54. The lowest BCUT2D eigenvalue weighted by molar-refractivity contribution is -0.138. The molecule has 0 aromatic heterocycles. The summed E-state index contributed by atoms with van der Waals surface area (Å²) in [5.74, 6) is 0.188. The molecule has 2 saturated heterocycles. The minimum Gasteiger partial charge on any atom is -0.326 e. The van der Waals surface area contributed by atoms with E-state index in [2.05, 4.69) is 17.0 Å². The van der Waals surface area contributed by atoms with Crippen molar-refractivity contribution in [3.8, 4) is 0 Å². The van der Waals surface area contributed by atoms with Gasteiger partial charge in [0.2, 0.25) is 5.91 Å². The average Bonchev–Trinajstić information content (AvgIpc) is 2.96. The third-order valence-corrected chi connectivity index (χ3v) is 4.69. The summed E-state index contributed by atoms with van der Waals surface area (Å²) in [7, 11) is 0. The molecule has 2 aliphatic rings. The second-order valence-corrected chi connectivity index (χ2v) is 6.15. The molecule has 0 bridgehead atoms. The molecule has 114 valence electrons. The van der Waals surface area contributed by atoms with Gasteiger partial charge in [0.25, 0.3) is 0 Å². The van der Waals surface area contributed by atoms with Crippen LogP contribution in [0.5, 0.6) is 0 Å². The van der Waals surface area contributed by atoms with Crippen molar-refractivity contribution in [1.29, 1.82) is 0 Å². The van der Waals surface area contributed by atoms with Crippen LogP contribution in [0, 0.1) is 0 Å². The molecular formula is C17H25N3O. The van der Waals surface area contributed by atoms with Crippen molar-refractivity contribution >= 4 is 5.91 Å². The topological polar surface area (TPSA) is 49.6 Å². The molecular weight excluding hydrogens is 262 g/mol. The molecule has 0 radical (unpaired) electrons. The quantitative estimate of drug-likeness (QED) is 0.926. The highest BCUT2D eigenvalue weighted by molar-refractivity contribution is 5.83. The Hall–Kier alpha value is -1.39. The Bertz CT molecular complexity index is 470. The van der Waals surface area contributed by atoms with Crippen LogP contribution < -0.4 is 5.73 Å². The van der Waals surface area contributed by atoms with Crippen molar-refractivity contribution in [3.63, 3.8) is 0 Å². The molecule has 2 aliphatic heterocycles. The lowest BCUT2D eigenvalue weighted by Crippen LogP contribution is -2.48. The molecule has 2 fully saturated rings. The summed E-state index contributed by atoms with van der Waals surface area (Å²) >= 11 is 0. The number of piperidine rings is 1. The lowest BCUT2D eigenvalue weighted by Gasteiger charge is -2.37. The van der Waals surface area contributed by atoms with Crippen molar-refractivity contribution in [2.75, 3.05) is 19.6 Å². The van der Waals surface area contributed by atoms with Gasteiger partial charge in [-0.2, -0.15) is 0 Å². The molecule has 0 aliphatic carbocycles. The van der Waals surface area contributed by atoms with E-state index in [0.29, 0.717) is 0 Å². The van der Waals surface area contributed by atoms with E-state index in [9.17, 15) is 4.79 Å². The molecule has 1 aromatic carbocycles. The van der Waals surface area contributed by atoms with E-state index in [-0.39, 0.29) is 18.1 Å². The van der Waals surface area contributed by atoms with Gasteiger partial charge in [0.05, 0.1) is 6.17 Å². The van der Waals surface area contributed by atoms with Gasteiger partial charge in [-0.15, -0.1) is 0 Å². The zero-order valence-electron chi connectivity index (χ0n) is 12.6. The van der Waals surface area contributed by atoms with Crippen LogP contribution in [0.2, 0.25) is 0 Å². The van der Waals surface area contributed by atoms with Crippen LogP contribution in [0.1, 0.15) is 43.7 Å². The predicted molar refractivity (Wildman–Crippen MR) is 83.5 cm³/mol. The summed E-state index contributed by atoms with van der Waals surface area (Å²) in [6, 6.07) is 10.0. The Morgan fingerprint density at radius 3 is 2.38 bits per heavy atom. The van der Waals surface area contributed by atoms with Crippen LogP contribution in [0.15, 0.2) is 30.3 Å². The molecule has 4 heteroatoms. The van der Waals surface area contributed by atoms with E-state index >= 15 is 0 Å². The Morgan fingerprint density at radius 1 is 1.05 bits per heavy atom. The largest absolute Gasteiger partial charge is 0.326 e. The summed E-state index contributed by atoms with van der Waals surface area (Å²) < 4.78 is 0. The van der Waals surface area contributed by atoms with E-state index in [1.165, 1.54) is 19.3 Å². The standard InChI is InChI=1S/C17H25N3O/c18-15-10-7-13-20(15)17(21)16(14-8-3-1-4-9-14)19-11-5-2-6-12-19/h1,3-4,8-9,15-16H,2,5-7,10-13,18H2/t15-,16+/m0/s1. The first-order chi connectivity index (χ1) is 10.3. The molecule has 3 rings (SSSR count). The Labute approximate surface area is 126 Å². The minimum absolute atomic E-state index is 0.103. The first-order valence-corrected chi connectivity index (χ1v) is 8.12. The third-order valence-electron chi connectivity index (χ3n) is 4.69. The number of carbonyl (C=O) groups is 1. The van der Waals surface area contributed by atoms with Crippen molar-refractivity contribution < 1.29 is 4.79 Å². The first kappa shape index (κ1) is 14.5. The highest BCUT2D eigenvalue weighted by atomic mass is 16.2. The highest BCUT2D eigenvalue weighted by Gasteiger charge is 2.35. The summed E-state index contributed by atoms with van der Waals surface area (Å²) in [4.78, 5) is 17.3. The van der Waals surface area contributed by atoms with Crippen molar-refractivity contribution in [1.82, 2.24) is 9.80 Å². The lowest BCUT2D eigenvalue weighted by atomic mass is 10.0. The third kappa shape index (κ3) is 3.11. The van der Waals surface area contributed by atoms with E-state index in [1.54, 1.807) is 0 Å². The average molecular weight is 287 g/mol. The number of hydrogen-bond donors (Lipinski definition) is 1. The Kier molecular flexibility index (Phi) is 4.56. The maximum atomic E-state index is 13.1. The number of nitrogens with two attached hydrogens (primary N) is 1. The molecule has 0 saturated carbocycles. The second-order valence-electron chi connectivity index (χ2n) is 6.15. The van der Waals surface area contributed by atoms with E-state index in [4.69, 9.17) is 5.73 Å². The number of carbonyl (C=O) groups excluding carboxylic acids is 1. The summed E-state index contributed by atoms with van der Waals surface area (Å²) in [6.45, 7) is 2.82. The van der Waals surface area contributed by atoms with Gasteiger partial charge in [0, 0.05) is 6.54 Å². The van der Waals surface area contributed by atoms with Gasteiger partial charge < -0.3 is 10.6 Å². The van der Waals surface area contributed by atoms with Gasteiger partial charge in [0.1, 0.15) is 6.04 Å². The summed E-state index contributed by atoms with van der Waals surface area (Å²) in [6.07, 6.45) is 5.48. The highest BCUT2D eigenvalue weighted by Crippen LogP contribution is 2.28. The van der Waals surface area contributed by atoms with Crippen molar-refractivity contribution in [2.45, 2.75) is 44.3 Å². The number of nitrogens with zero attached hydrogens (tertiary/aromatic N) is 2. The molecule has 2 heterocycles. The van der Waals surface area contributed by atoms with Gasteiger partial charge in [0.15, 0.2) is 0 Å². The number of likely N-dealkylation sites (tertiary alicyclic amines) is 2. The molecule has 0 spiro atoms. The van der Waals surface area contributed by atoms with Crippen LogP contribution in [-0.4, -0.2) is 41.5 Å². The van der Waals surface area contributed by atoms with Gasteiger partial charge in [-0.05, 0) is 44.3 Å². The number of amides is 1. The normalized spacial score (nSPS) is 25.0. The maximum Gasteiger partial charge on any atom is 0.245 e. The maximum absolute atomic E-state index is 13.1. The van der Waals surface area contributed by atoms with E-state index in [1.807, 2.05) is 23.1 Å². The second kappa shape index (κ2) is 6.58. The number of rotatable bonds is 3. The molecule has 0 unspecified atom stereocenters. The van der Waals surface area contributed by atoms with Gasteiger partial charge in [-0.3, -0.25) is 9.69 Å². The zero-order valence-corrected chi connectivity index (χ0v) is 12.6. The van der Waals surface area contributed by atoms with Crippen LogP contribution >= 0.6 is 0 Å². The van der Waals surface area contributed by atoms with Gasteiger partial charge >= 0.3 is 0 Å². The molecule has 4 nitrogen and oxygen atoms in total. The van der Waals surface area contributed by atoms with Crippen molar-refractivity contribution in [3.05, 3.63) is 35.9 Å². The zero-order chi connectivity index (χ0) is 14.7. The molecule has 1 amide bonds. The van der Waals surface area contributed by atoms with Crippen LogP contribution in [0.25, 0.3) is 0 Å². The van der Waals surface area contributed by atoms with Gasteiger partial charge in [-0.25, -0.2) is 0 Å². The van der Waals surface area contributed by atoms with Crippen LogP contribution in [0.3, 0.4) is 0 Å².